The van der Waals surface area contributed by atoms with Gasteiger partial charge in [0.15, 0.2) is 4.71 Å². The number of alkyl halides is 6. The second-order valence-corrected chi connectivity index (χ2v) is 11.7. The van der Waals surface area contributed by atoms with Gasteiger partial charge in [0.05, 0.1) is 13.2 Å². The van der Waals surface area contributed by atoms with E-state index in [2.05, 4.69) is 0 Å². The lowest BCUT2D eigenvalue weighted by Crippen LogP contribution is -2.43. The van der Waals surface area contributed by atoms with Crippen molar-refractivity contribution in [2.24, 2.45) is 5.41 Å². The molecule has 1 aromatic rings. The van der Waals surface area contributed by atoms with Crippen LogP contribution >= 0.6 is 69.6 Å². The molecule has 0 aliphatic rings. The van der Waals surface area contributed by atoms with Gasteiger partial charge in [0, 0.05) is 35.5 Å². The Morgan fingerprint density at radius 1 is 1.10 bits per heavy atom. The van der Waals surface area contributed by atoms with Gasteiger partial charge in [-0.1, -0.05) is 0 Å². The van der Waals surface area contributed by atoms with Crippen molar-refractivity contribution >= 4 is 79.7 Å². The fraction of sp³-hybridized carbons (Fsp3) is 0.667. The van der Waals surface area contributed by atoms with Gasteiger partial charge in [-0.2, -0.15) is 8.42 Å². The summed E-state index contributed by atoms with van der Waals surface area (Å²) in [6, 6.07) is 3.53. The Morgan fingerprint density at radius 3 is 2.16 bits per heavy atom. The topological polar surface area (TPSA) is 72.8 Å². The van der Waals surface area contributed by atoms with Crippen LogP contribution in [0.15, 0.2) is 18.2 Å². The number of rotatable bonds is 14. The van der Waals surface area contributed by atoms with Gasteiger partial charge in [-0.25, -0.2) is 4.39 Å². The first kappa shape index (κ1) is 29.6. The van der Waals surface area contributed by atoms with Crippen LogP contribution in [-0.4, -0.2) is 53.9 Å². The van der Waals surface area contributed by atoms with E-state index in [-0.39, 0.29) is 48.4 Å². The predicted molar refractivity (Wildman–Crippen MR) is 125 cm³/mol. The van der Waals surface area contributed by atoms with Crippen molar-refractivity contribution in [1.82, 2.24) is 0 Å². The smallest absolute Gasteiger partial charge is 0.284 e. The molecule has 0 bridgehead atoms. The SMILES string of the molecule is CCOc1cc(F)cc(C(O)(COS(=O)(=O)C(Cl)CC(Cl)Cl)CC(CCl)(CCl)CCl)c1. The van der Waals surface area contributed by atoms with Gasteiger partial charge in [0.25, 0.3) is 10.1 Å². The fourth-order valence-electron chi connectivity index (χ4n) is 2.70. The quantitative estimate of drug-likeness (QED) is 0.228. The zero-order valence-corrected chi connectivity index (χ0v) is 21.8. The molecule has 1 aromatic carbocycles. The van der Waals surface area contributed by atoms with Gasteiger partial charge in [0.1, 0.15) is 22.0 Å². The fourth-order valence-corrected chi connectivity index (χ4v) is 5.86. The summed E-state index contributed by atoms with van der Waals surface area (Å²) in [6.45, 7) is 1.13. The molecule has 0 aliphatic carbocycles. The van der Waals surface area contributed by atoms with Crippen molar-refractivity contribution in [3.63, 3.8) is 0 Å². The number of halogens is 7. The summed E-state index contributed by atoms with van der Waals surface area (Å²) in [5.41, 5.74) is -3.07. The molecule has 0 saturated carbocycles. The number of hydrogen-bond donors (Lipinski definition) is 1. The van der Waals surface area contributed by atoms with Crippen LogP contribution in [0.1, 0.15) is 25.3 Å². The van der Waals surface area contributed by atoms with Crippen molar-refractivity contribution in [3.8, 4) is 5.75 Å². The highest BCUT2D eigenvalue weighted by Crippen LogP contribution is 2.40. The highest BCUT2D eigenvalue weighted by molar-refractivity contribution is 7.88. The molecule has 0 heterocycles. The zero-order chi connectivity index (χ0) is 23.9. The molecule has 0 radical (unpaired) electrons. The molecule has 0 fully saturated rings. The minimum absolute atomic E-state index is 0.00504. The van der Waals surface area contributed by atoms with E-state index in [1.807, 2.05) is 0 Å². The van der Waals surface area contributed by atoms with Crippen molar-refractivity contribution in [2.45, 2.75) is 34.9 Å². The van der Waals surface area contributed by atoms with Gasteiger partial charge in [-0.05, 0) is 31.0 Å². The monoisotopic (exact) mass is 580 g/mol. The highest BCUT2D eigenvalue weighted by Gasteiger charge is 2.43. The van der Waals surface area contributed by atoms with E-state index in [4.69, 9.17) is 78.5 Å². The maximum absolute atomic E-state index is 14.2. The molecule has 0 amide bonds. The van der Waals surface area contributed by atoms with E-state index in [1.165, 1.54) is 6.07 Å². The lowest BCUT2D eigenvalue weighted by Gasteiger charge is -2.38. The molecule has 31 heavy (non-hydrogen) atoms. The van der Waals surface area contributed by atoms with Crippen molar-refractivity contribution in [2.75, 3.05) is 30.9 Å². The van der Waals surface area contributed by atoms with Crippen LogP contribution < -0.4 is 4.74 Å². The van der Waals surface area contributed by atoms with Gasteiger partial charge in [-0.3, -0.25) is 4.18 Å². The normalized spacial score (nSPS) is 15.7. The molecule has 13 heteroatoms. The molecular formula is C18H23Cl6FO5S. The van der Waals surface area contributed by atoms with Crippen LogP contribution in [-0.2, 0) is 19.9 Å². The number of ether oxygens (including phenoxy) is 1. The van der Waals surface area contributed by atoms with Gasteiger partial charge in [-0.15, -0.1) is 69.6 Å². The molecule has 1 N–H and O–H groups in total. The summed E-state index contributed by atoms with van der Waals surface area (Å²) < 4.78 is 47.8. The Balaban J connectivity index is 3.38. The Morgan fingerprint density at radius 2 is 1.68 bits per heavy atom. The minimum atomic E-state index is -4.39. The van der Waals surface area contributed by atoms with Gasteiger partial charge < -0.3 is 9.84 Å². The zero-order valence-electron chi connectivity index (χ0n) is 16.5. The van der Waals surface area contributed by atoms with E-state index in [9.17, 15) is 17.9 Å². The summed E-state index contributed by atoms with van der Waals surface area (Å²) in [5.74, 6) is -0.740. The average molecular weight is 583 g/mol. The lowest BCUT2D eigenvalue weighted by atomic mass is 9.78. The van der Waals surface area contributed by atoms with E-state index < -0.39 is 43.1 Å². The largest absolute Gasteiger partial charge is 0.494 e. The van der Waals surface area contributed by atoms with E-state index in [0.29, 0.717) is 0 Å². The molecule has 1 rings (SSSR count). The lowest BCUT2D eigenvalue weighted by molar-refractivity contribution is -0.0378. The Hall–Kier alpha value is 0.560. The van der Waals surface area contributed by atoms with Crippen molar-refractivity contribution in [1.29, 1.82) is 0 Å². The van der Waals surface area contributed by atoms with E-state index in [0.717, 1.165) is 12.1 Å². The van der Waals surface area contributed by atoms with E-state index in [1.54, 1.807) is 6.92 Å². The summed E-state index contributed by atoms with van der Waals surface area (Å²) in [7, 11) is -4.39. The van der Waals surface area contributed by atoms with Crippen LogP contribution in [0.5, 0.6) is 5.75 Å². The van der Waals surface area contributed by atoms with Gasteiger partial charge in [0.2, 0.25) is 0 Å². The molecular weight excluding hydrogens is 560 g/mol. The first-order valence-corrected chi connectivity index (χ1v) is 13.4. The average Bonchev–Trinajstić information content (AvgIpc) is 2.70. The Bertz CT molecular complexity index is 800. The summed E-state index contributed by atoms with van der Waals surface area (Å²) >= 11 is 35.1. The van der Waals surface area contributed by atoms with Crippen molar-refractivity contribution < 1.29 is 26.8 Å². The first-order valence-electron chi connectivity index (χ1n) is 9.01. The number of aliphatic hydroxyl groups is 1. The molecule has 0 aromatic heterocycles. The molecule has 0 aliphatic heterocycles. The Labute approximate surface area is 212 Å². The van der Waals surface area contributed by atoms with Crippen molar-refractivity contribution in [3.05, 3.63) is 29.6 Å². The Kier molecular flexibility index (Phi) is 12.3. The van der Waals surface area contributed by atoms with Crippen LogP contribution in [0.2, 0.25) is 0 Å². The number of hydrogen-bond acceptors (Lipinski definition) is 5. The third kappa shape index (κ3) is 8.69. The number of benzene rings is 1. The van der Waals surface area contributed by atoms with Crippen LogP contribution in [0.25, 0.3) is 0 Å². The molecule has 0 saturated heterocycles. The van der Waals surface area contributed by atoms with Crippen LogP contribution in [0, 0.1) is 11.2 Å². The van der Waals surface area contributed by atoms with Gasteiger partial charge >= 0.3 is 0 Å². The first-order chi connectivity index (χ1) is 14.4. The summed E-state index contributed by atoms with van der Waals surface area (Å²) in [4.78, 5) is -1.05. The molecule has 2 unspecified atom stereocenters. The molecule has 2 atom stereocenters. The predicted octanol–water partition coefficient (Wildman–Crippen LogP) is 5.61. The standard InChI is InChI=1S/C18H23Cl6FO5S/c1-2-29-14-4-12(3-13(25)5-14)18(26,7-17(8-19,9-20)10-21)11-30-31(27,28)16(24)6-15(22)23/h3-5,15-16,26H,2,6-11H2,1H3. The molecule has 0 spiro atoms. The summed E-state index contributed by atoms with van der Waals surface area (Å²) in [5, 5.41) is 11.5. The highest BCUT2D eigenvalue weighted by atomic mass is 35.5. The van der Waals surface area contributed by atoms with Crippen LogP contribution in [0.4, 0.5) is 4.39 Å². The third-order valence-corrected chi connectivity index (χ3v) is 8.53. The minimum Gasteiger partial charge on any atom is -0.494 e. The van der Waals surface area contributed by atoms with E-state index >= 15 is 0 Å². The van der Waals surface area contributed by atoms with Crippen LogP contribution in [0.3, 0.4) is 0 Å². The second kappa shape index (κ2) is 12.9. The summed E-state index contributed by atoms with van der Waals surface area (Å²) in [6.07, 6.45) is -0.545. The molecule has 5 nitrogen and oxygen atoms in total. The third-order valence-electron chi connectivity index (χ3n) is 4.38. The molecule has 180 valence electrons. The second-order valence-electron chi connectivity index (χ2n) is 7.01. The maximum atomic E-state index is 14.2. The maximum Gasteiger partial charge on any atom is 0.284 e.